The van der Waals surface area contributed by atoms with Gasteiger partial charge in [0.25, 0.3) is 0 Å². The SMILES string of the molecule is CCCCCC(=O)OCCCNCCCC(CC)CCNC. The van der Waals surface area contributed by atoms with Crippen molar-refractivity contribution >= 4 is 5.97 Å². The molecule has 4 nitrogen and oxygen atoms in total. The van der Waals surface area contributed by atoms with Crippen LogP contribution in [0.1, 0.15) is 71.6 Å². The summed E-state index contributed by atoms with van der Waals surface area (Å²) in [5.41, 5.74) is 0. The number of nitrogens with one attached hydrogen (secondary N) is 2. The van der Waals surface area contributed by atoms with Crippen molar-refractivity contribution in [2.24, 2.45) is 5.92 Å². The van der Waals surface area contributed by atoms with E-state index in [0.717, 1.165) is 51.2 Å². The van der Waals surface area contributed by atoms with E-state index in [0.29, 0.717) is 13.0 Å². The van der Waals surface area contributed by atoms with Crippen LogP contribution in [0, 0.1) is 5.92 Å². The minimum Gasteiger partial charge on any atom is -0.466 e. The molecule has 0 rings (SSSR count). The van der Waals surface area contributed by atoms with E-state index < -0.39 is 0 Å². The first kappa shape index (κ1) is 21.4. The van der Waals surface area contributed by atoms with Gasteiger partial charge in [-0.1, -0.05) is 33.1 Å². The maximum absolute atomic E-state index is 11.4. The molecular formula is C18H38N2O2. The first-order valence-electron chi connectivity index (χ1n) is 9.25. The Kier molecular flexibility index (Phi) is 16.3. The van der Waals surface area contributed by atoms with E-state index in [2.05, 4.69) is 24.5 Å². The van der Waals surface area contributed by atoms with Crippen LogP contribution in [0.3, 0.4) is 0 Å². The normalized spacial score (nSPS) is 12.3. The summed E-state index contributed by atoms with van der Waals surface area (Å²) in [6.45, 7) is 8.10. The van der Waals surface area contributed by atoms with E-state index in [1.165, 1.54) is 25.7 Å². The van der Waals surface area contributed by atoms with Crippen molar-refractivity contribution in [1.29, 1.82) is 0 Å². The Balaban J connectivity index is 3.30. The first-order chi connectivity index (χ1) is 10.7. The van der Waals surface area contributed by atoms with Gasteiger partial charge in [0.05, 0.1) is 6.61 Å². The molecule has 0 amide bonds. The van der Waals surface area contributed by atoms with Crippen LogP contribution >= 0.6 is 0 Å². The molecule has 0 saturated heterocycles. The molecule has 0 aromatic rings. The number of carbonyl (C=O) groups is 1. The lowest BCUT2D eigenvalue weighted by Gasteiger charge is -2.14. The third kappa shape index (κ3) is 14.3. The fourth-order valence-corrected chi connectivity index (χ4v) is 2.52. The quantitative estimate of drug-likeness (QED) is 0.338. The number of unbranched alkanes of at least 4 members (excludes halogenated alkanes) is 2. The third-order valence-electron chi connectivity index (χ3n) is 4.09. The van der Waals surface area contributed by atoms with Gasteiger partial charge in [0.2, 0.25) is 0 Å². The zero-order valence-electron chi connectivity index (χ0n) is 15.1. The molecule has 0 radical (unpaired) electrons. The van der Waals surface area contributed by atoms with Crippen LogP contribution in [-0.4, -0.2) is 39.3 Å². The Morgan fingerprint density at radius 2 is 1.77 bits per heavy atom. The largest absolute Gasteiger partial charge is 0.466 e. The van der Waals surface area contributed by atoms with Gasteiger partial charge in [-0.3, -0.25) is 4.79 Å². The van der Waals surface area contributed by atoms with E-state index >= 15 is 0 Å². The predicted molar refractivity (Wildman–Crippen MR) is 94.1 cm³/mol. The highest BCUT2D eigenvalue weighted by molar-refractivity contribution is 5.69. The van der Waals surface area contributed by atoms with Gasteiger partial charge in [-0.25, -0.2) is 0 Å². The van der Waals surface area contributed by atoms with Crippen molar-refractivity contribution in [2.45, 2.75) is 71.6 Å². The summed E-state index contributed by atoms with van der Waals surface area (Å²) in [7, 11) is 2.02. The van der Waals surface area contributed by atoms with Gasteiger partial charge < -0.3 is 15.4 Å². The molecule has 4 heteroatoms. The summed E-state index contributed by atoms with van der Waals surface area (Å²) in [5, 5.41) is 6.67. The Hall–Kier alpha value is -0.610. The molecule has 1 atom stereocenters. The number of ether oxygens (including phenoxy) is 1. The molecular weight excluding hydrogens is 276 g/mol. The molecule has 0 fully saturated rings. The summed E-state index contributed by atoms with van der Waals surface area (Å²) in [4.78, 5) is 11.4. The molecule has 0 saturated carbocycles. The Bertz CT molecular complexity index is 247. The van der Waals surface area contributed by atoms with Crippen molar-refractivity contribution in [3.63, 3.8) is 0 Å². The average Bonchev–Trinajstić information content (AvgIpc) is 2.53. The number of rotatable bonds is 16. The third-order valence-corrected chi connectivity index (χ3v) is 4.09. The minimum absolute atomic E-state index is 0.0382. The number of hydrogen-bond acceptors (Lipinski definition) is 4. The van der Waals surface area contributed by atoms with E-state index in [4.69, 9.17) is 4.74 Å². The second kappa shape index (κ2) is 16.8. The molecule has 0 heterocycles. The Morgan fingerprint density at radius 1 is 1.00 bits per heavy atom. The highest BCUT2D eigenvalue weighted by Crippen LogP contribution is 2.14. The lowest BCUT2D eigenvalue weighted by molar-refractivity contribution is -0.143. The molecule has 132 valence electrons. The van der Waals surface area contributed by atoms with Gasteiger partial charge in [0, 0.05) is 6.42 Å². The van der Waals surface area contributed by atoms with E-state index in [1.54, 1.807) is 0 Å². The summed E-state index contributed by atoms with van der Waals surface area (Å²) in [6, 6.07) is 0. The van der Waals surface area contributed by atoms with Gasteiger partial charge in [-0.15, -0.1) is 0 Å². The zero-order chi connectivity index (χ0) is 16.5. The van der Waals surface area contributed by atoms with Crippen molar-refractivity contribution in [3.8, 4) is 0 Å². The Morgan fingerprint density at radius 3 is 2.45 bits per heavy atom. The molecule has 22 heavy (non-hydrogen) atoms. The van der Waals surface area contributed by atoms with Crippen LogP contribution in [0.15, 0.2) is 0 Å². The molecule has 0 aliphatic rings. The summed E-state index contributed by atoms with van der Waals surface area (Å²) < 4.78 is 5.21. The van der Waals surface area contributed by atoms with E-state index in [9.17, 15) is 4.79 Å². The van der Waals surface area contributed by atoms with Crippen molar-refractivity contribution in [2.75, 3.05) is 33.3 Å². The standard InChI is InChI=1S/C18H38N2O2/c1-4-6-7-11-18(21)22-16-9-14-20-13-8-10-17(5-2)12-15-19-3/h17,19-20H,4-16H2,1-3H3. The van der Waals surface area contributed by atoms with Crippen LogP contribution in [0.25, 0.3) is 0 Å². The first-order valence-corrected chi connectivity index (χ1v) is 9.25. The van der Waals surface area contributed by atoms with Crippen molar-refractivity contribution < 1.29 is 9.53 Å². The second-order valence-corrected chi connectivity index (χ2v) is 6.09. The predicted octanol–water partition coefficient (Wildman–Crippen LogP) is 3.51. The fourth-order valence-electron chi connectivity index (χ4n) is 2.52. The summed E-state index contributed by atoms with van der Waals surface area (Å²) in [5.74, 6) is 0.807. The maximum atomic E-state index is 11.4. The molecule has 0 aromatic carbocycles. The molecule has 0 aliphatic carbocycles. The smallest absolute Gasteiger partial charge is 0.305 e. The minimum atomic E-state index is -0.0382. The van der Waals surface area contributed by atoms with Crippen LogP contribution in [0.4, 0.5) is 0 Å². The van der Waals surface area contributed by atoms with Crippen LogP contribution in [0.2, 0.25) is 0 Å². The summed E-state index contributed by atoms with van der Waals surface area (Å²) in [6.07, 6.45) is 9.80. The van der Waals surface area contributed by atoms with Crippen LogP contribution in [-0.2, 0) is 9.53 Å². The molecule has 0 bridgehead atoms. The van der Waals surface area contributed by atoms with Gasteiger partial charge >= 0.3 is 5.97 Å². The molecule has 2 N–H and O–H groups in total. The van der Waals surface area contributed by atoms with Crippen molar-refractivity contribution in [1.82, 2.24) is 10.6 Å². The molecule has 0 spiro atoms. The highest BCUT2D eigenvalue weighted by atomic mass is 16.5. The van der Waals surface area contributed by atoms with Gasteiger partial charge in [-0.2, -0.15) is 0 Å². The number of carbonyl (C=O) groups excluding carboxylic acids is 1. The number of esters is 1. The van der Waals surface area contributed by atoms with Gasteiger partial charge in [0.15, 0.2) is 0 Å². The second-order valence-electron chi connectivity index (χ2n) is 6.09. The maximum Gasteiger partial charge on any atom is 0.305 e. The fraction of sp³-hybridized carbons (Fsp3) is 0.944. The highest BCUT2D eigenvalue weighted by Gasteiger charge is 2.05. The molecule has 0 aromatic heterocycles. The van der Waals surface area contributed by atoms with Crippen LogP contribution < -0.4 is 10.6 Å². The lowest BCUT2D eigenvalue weighted by Crippen LogP contribution is -2.20. The topological polar surface area (TPSA) is 50.4 Å². The van der Waals surface area contributed by atoms with E-state index in [-0.39, 0.29) is 5.97 Å². The molecule has 1 unspecified atom stereocenters. The van der Waals surface area contributed by atoms with E-state index in [1.807, 2.05) is 7.05 Å². The van der Waals surface area contributed by atoms with Crippen molar-refractivity contribution in [3.05, 3.63) is 0 Å². The number of hydrogen-bond donors (Lipinski definition) is 2. The average molecular weight is 315 g/mol. The lowest BCUT2D eigenvalue weighted by atomic mass is 9.96. The monoisotopic (exact) mass is 314 g/mol. The Labute approximate surface area is 137 Å². The zero-order valence-corrected chi connectivity index (χ0v) is 15.1. The van der Waals surface area contributed by atoms with Crippen LogP contribution in [0.5, 0.6) is 0 Å². The summed E-state index contributed by atoms with van der Waals surface area (Å²) >= 11 is 0. The van der Waals surface area contributed by atoms with Gasteiger partial charge in [-0.05, 0) is 64.7 Å². The molecule has 0 aliphatic heterocycles. The van der Waals surface area contributed by atoms with Gasteiger partial charge in [0.1, 0.15) is 0 Å².